The summed E-state index contributed by atoms with van der Waals surface area (Å²) in [5.41, 5.74) is -1.56. The average molecular weight is 406 g/mol. The number of aliphatic hydroxyl groups is 2. The van der Waals surface area contributed by atoms with Crippen LogP contribution in [0.2, 0.25) is 0 Å². The molecule has 7 unspecified atom stereocenters. The molecule has 2 aliphatic carbocycles. The summed E-state index contributed by atoms with van der Waals surface area (Å²) < 4.78 is 16.4. The third-order valence-corrected chi connectivity index (χ3v) is 8.03. The summed E-state index contributed by atoms with van der Waals surface area (Å²) in [6.45, 7) is 5.41. The van der Waals surface area contributed by atoms with Gasteiger partial charge >= 0.3 is 5.97 Å². The molecule has 7 heteroatoms. The third kappa shape index (κ3) is 2.89. The Bertz CT molecular complexity index is 783. The van der Waals surface area contributed by atoms with Gasteiger partial charge in [0.15, 0.2) is 5.78 Å². The minimum Gasteiger partial charge on any atom is -0.472 e. The highest BCUT2D eigenvalue weighted by Crippen LogP contribution is 2.67. The maximum Gasteiger partial charge on any atom is 0.302 e. The Balaban J connectivity index is 1.79. The number of ketones is 1. The van der Waals surface area contributed by atoms with E-state index in [4.69, 9.17) is 13.9 Å². The lowest BCUT2D eigenvalue weighted by atomic mass is 9.42. The monoisotopic (exact) mass is 406 g/mol. The van der Waals surface area contributed by atoms with Crippen LogP contribution in [0.3, 0.4) is 0 Å². The first-order valence-electron chi connectivity index (χ1n) is 10.4. The van der Waals surface area contributed by atoms with Crippen molar-refractivity contribution < 1.29 is 33.7 Å². The van der Waals surface area contributed by atoms with Crippen molar-refractivity contribution in [1.29, 1.82) is 0 Å². The summed E-state index contributed by atoms with van der Waals surface area (Å²) in [5.74, 6) is -1.70. The van der Waals surface area contributed by atoms with Crippen molar-refractivity contribution in [3.63, 3.8) is 0 Å². The number of ether oxygens (including phenoxy) is 2. The molecule has 4 rings (SSSR count). The lowest BCUT2D eigenvalue weighted by molar-refractivity contribution is -0.219. The number of hydrogen-bond acceptors (Lipinski definition) is 7. The van der Waals surface area contributed by atoms with Crippen molar-refractivity contribution in [3.8, 4) is 0 Å². The number of epoxide rings is 1. The molecule has 0 amide bonds. The molecular weight excluding hydrogens is 376 g/mol. The number of carbonyl (C=O) groups is 2. The predicted octanol–water partition coefficient (Wildman–Crippen LogP) is 1.89. The summed E-state index contributed by atoms with van der Waals surface area (Å²) in [7, 11) is 0. The Morgan fingerprint density at radius 3 is 2.69 bits per heavy atom. The van der Waals surface area contributed by atoms with Crippen LogP contribution in [0.15, 0.2) is 23.0 Å². The van der Waals surface area contributed by atoms with Gasteiger partial charge < -0.3 is 24.1 Å². The van der Waals surface area contributed by atoms with E-state index in [2.05, 4.69) is 0 Å². The van der Waals surface area contributed by atoms with E-state index in [9.17, 15) is 19.8 Å². The van der Waals surface area contributed by atoms with Crippen LogP contribution in [0.5, 0.6) is 0 Å². The highest BCUT2D eigenvalue weighted by Gasteiger charge is 2.77. The van der Waals surface area contributed by atoms with Gasteiger partial charge in [-0.25, -0.2) is 0 Å². The summed E-state index contributed by atoms with van der Waals surface area (Å²) in [5, 5.41) is 22.2. The molecule has 160 valence electrons. The van der Waals surface area contributed by atoms with E-state index >= 15 is 0 Å². The zero-order chi connectivity index (χ0) is 21.0. The van der Waals surface area contributed by atoms with Gasteiger partial charge in [-0.05, 0) is 48.6 Å². The zero-order valence-electron chi connectivity index (χ0n) is 17.2. The number of Topliss-reactive ketones (excluding diaryl/α,β-unsaturated/α-hetero) is 1. The van der Waals surface area contributed by atoms with Crippen molar-refractivity contribution in [2.24, 2.45) is 22.7 Å². The van der Waals surface area contributed by atoms with E-state index < -0.39 is 40.5 Å². The van der Waals surface area contributed by atoms with Crippen molar-refractivity contribution in [1.82, 2.24) is 0 Å². The van der Waals surface area contributed by atoms with Gasteiger partial charge in [-0.1, -0.05) is 13.8 Å². The molecule has 3 fully saturated rings. The number of hydrogen-bond donors (Lipinski definition) is 2. The predicted molar refractivity (Wildman–Crippen MR) is 102 cm³/mol. The van der Waals surface area contributed by atoms with Gasteiger partial charge in [-0.2, -0.15) is 0 Å². The number of furan rings is 1. The molecule has 0 radical (unpaired) electrons. The smallest absolute Gasteiger partial charge is 0.302 e. The van der Waals surface area contributed by atoms with E-state index in [1.807, 2.05) is 19.9 Å². The molecule has 0 aromatic carbocycles. The van der Waals surface area contributed by atoms with E-state index in [0.717, 1.165) is 5.56 Å². The largest absolute Gasteiger partial charge is 0.472 e. The Hall–Kier alpha value is -1.70. The maximum atomic E-state index is 13.6. The third-order valence-electron chi connectivity index (χ3n) is 8.03. The lowest BCUT2D eigenvalue weighted by Crippen LogP contribution is -2.72. The fraction of sp³-hybridized carbons (Fsp3) is 0.727. The molecule has 2 N–H and O–H groups in total. The number of esters is 1. The molecule has 7 nitrogen and oxygen atoms in total. The van der Waals surface area contributed by atoms with Gasteiger partial charge in [0.25, 0.3) is 0 Å². The Morgan fingerprint density at radius 1 is 1.38 bits per heavy atom. The molecule has 1 aromatic heterocycles. The van der Waals surface area contributed by atoms with E-state index in [1.165, 1.54) is 6.92 Å². The molecule has 2 saturated carbocycles. The van der Waals surface area contributed by atoms with Crippen molar-refractivity contribution in [2.45, 2.75) is 64.3 Å². The summed E-state index contributed by atoms with van der Waals surface area (Å²) >= 11 is 0. The Morgan fingerprint density at radius 2 is 2.10 bits per heavy atom. The van der Waals surface area contributed by atoms with E-state index in [1.54, 1.807) is 12.5 Å². The van der Waals surface area contributed by atoms with Gasteiger partial charge in [-0.15, -0.1) is 0 Å². The normalized spacial score (nSPS) is 43.8. The van der Waals surface area contributed by atoms with Crippen LogP contribution in [0, 0.1) is 22.7 Å². The second kappa shape index (κ2) is 6.93. The van der Waals surface area contributed by atoms with Crippen LogP contribution in [-0.4, -0.2) is 53.0 Å². The van der Waals surface area contributed by atoms with Crippen LogP contribution in [0.25, 0.3) is 0 Å². The van der Waals surface area contributed by atoms with Gasteiger partial charge in [0.1, 0.15) is 23.7 Å². The topological polar surface area (TPSA) is 110 Å². The van der Waals surface area contributed by atoms with E-state index in [0.29, 0.717) is 32.3 Å². The molecule has 1 spiro atoms. The second-order valence-corrected chi connectivity index (χ2v) is 9.35. The Kier molecular flexibility index (Phi) is 4.91. The molecule has 1 saturated heterocycles. The molecule has 0 bridgehead atoms. The van der Waals surface area contributed by atoms with Crippen LogP contribution in [0.1, 0.15) is 45.6 Å². The van der Waals surface area contributed by atoms with Crippen LogP contribution in [0.4, 0.5) is 0 Å². The summed E-state index contributed by atoms with van der Waals surface area (Å²) in [6, 6.07) is 1.90. The molecule has 1 aromatic rings. The standard InChI is InChI=1S/C22H30O7/c1-13-17(25)19(26)22(12-28-14(2)23)18(16(24)5-8-21(22)11-29-21)20(13,3)7-4-15-6-9-27-10-15/h6,9-10,13,16-18,24-25H,4-5,7-8,11-12H2,1-3H3. The molecule has 3 aliphatic rings. The SMILES string of the molecule is CC(=O)OCC12C(=O)C(O)C(C)C(C)(CCc3ccoc3)C1C(O)CCC21CO1. The lowest BCUT2D eigenvalue weighted by Gasteiger charge is -2.62. The second-order valence-electron chi connectivity index (χ2n) is 9.35. The fourth-order valence-electron chi connectivity index (χ4n) is 6.13. The van der Waals surface area contributed by atoms with Gasteiger partial charge in [0.05, 0.1) is 25.2 Å². The molecule has 2 heterocycles. The number of aryl methyl sites for hydroxylation is 1. The van der Waals surface area contributed by atoms with E-state index in [-0.39, 0.29) is 18.3 Å². The maximum absolute atomic E-state index is 13.6. The highest BCUT2D eigenvalue weighted by atomic mass is 16.6. The summed E-state index contributed by atoms with van der Waals surface area (Å²) in [4.78, 5) is 25.2. The highest BCUT2D eigenvalue weighted by molar-refractivity contribution is 5.93. The minimum atomic E-state index is -1.24. The molecule has 29 heavy (non-hydrogen) atoms. The minimum absolute atomic E-state index is 0.173. The Labute approximate surface area is 170 Å². The van der Waals surface area contributed by atoms with Gasteiger partial charge in [-0.3, -0.25) is 9.59 Å². The van der Waals surface area contributed by atoms with Gasteiger partial charge in [0.2, 0.25) is 0 Å². The number of fused-ring (bicyclic) bond motifs is 2. The number of carbonyl (C=O) groups excluding carboxylic acids is 2. The van der Waals surface area contributed by atoms with Crippen LogP contribution >= 0.6 is 0 Å². The molecule has 1 aliphatic heterocycles. The first kappa shape index (κ1) is 20.6. The number of rotatable bonds is 5. The van der Waals surface area contributed by atoms with Crippen LogP contribution < -0.4 is 0 Å². The summed E-state index contributed by atoms with van der Waals surface area (Å²) in [6.07, 6.45) is 3.73. The average Bonchev–Trinajstić information content (AvgIpc) is 3.28. The molecular formula is C22H30O7. The first-order chi connectivity index (χ1) is 13.7. The van der Waals surface area contributed by atoms with Crippen molar-refractivity contribution in [3.05, 3.63) is 24.2 Å². The zero-order valence-corrected chi connectivity index (χ0v) is 17.2. The van der Waals surface area contributed by atoms with Gasteiger partial charge in [0, 0.05) is 12.8 Å². The first-order valence-corrected chi connectivity index (χ1v) is 10.4. The van der Waals surface area contributed by atoms with Crippen LogP contribution in [-0.2, 0) is 25.5 Å². The quantitative estimate of drug-likeness (QED) is 0.568. The van der Waals surface area contributed by atoms with Crippen molar-refractivity contribution in [2.75, 3.05) is 13.2 Å². The fourth-order valence-corrected chi connectivity index (χ4v) is 6.13. The number of aliphatic hydroxyl groups excluding tert-OH is 2. The molecule has 7 atom stereocenters. The van der Waals surface area contributed by atoms with Crippen molar-refractivity contribution >= 4 is 11.8 Å².